The number of anilines is 1. The number of amides is 3. The standard InChI is InChI=1S/C32H39N7O4/c1-19(40)34-24-12-13-33-28-23(24)16-27(39(28)17-20-8-9-20)29-36-25-15-21(10-11-26(25)37(29)5)30(41)38-14-6-7-22(18-38)35-31(42)43-32(2,3)4/h10-13,15-16,20,22H,6-9,14,17-18H2,1-5H3,(H,35,42)(H,33,34,40)/t22-/m1/s1. The van der Waals surface area contributed by atoms with Crippen LogP contribution in [-0.4, -0.2) is 66.6 Å². The third-order valence-electron chi connectivity index (χ3n) is 8.03. The number of piperidine rings is 1. The number of likely N-dealkylation sites (tertiary alicyclic amines) is 1. The number of nitrogens with one attached hydrogen (secondary N) is 2. The Morgan fingerprint density at radius 2 is 1.88 bits per heavy atom. The third-order valence-corrected chi connectivity index (χ3v) is 8.03. The van der Waals surface area contributed by atoms with Crippen molar-refractivity contribution in [3.63, 3.8) is 0 Å². The number of alkyl carbamates (subject to hydrolysis) is 1. The first-order chi connectivity index (χ1) is 20.5. The van der Waals surface area contributed by atoms with Gasteiger partial charge in [-0.15, -0.1) is 0 Å². The molecular formula is C32H39N7O4. The quantitative estimate of drug-likeness (QED) is 0.325. The van der Waals surface area contributed by atoms with Crippen LogP contribution in [0.25, 0.3) is 33.6 Å². The minimum absolute atomic E-state index is 0.0863. The summed E-state index contributed by atoms with van der Waals surface area (Å²) in [5.74, 6) is 1.14. The lowest BCUT2D eigenvalue weighted by Gasteiger charge is -2.33. The van der Waals surface area contributed by atoms with Crippen molar-refractivity contribution in [2.45, 2.75) is 71.6 Å². The van der Waals surface area contributed by atoms with Crippen molar-refractivity contribution in [1.82, 2.24) is 29.3 Å². The van der Waals surface area contributed by atoms with E-state index in [1.54, 1.807) is 11.1 Å². The number of aryl methyl sites for hydroxylation is 1. The summed E-state index contributed by atoms with van der Waals surface area (Å²) in [6.07, 6.45) is 5.21. The first-order valence-electron chi connectivity index (χ1n) is 15.0. The summed E-state index contributed by atoms with van der Waals surface area (Å²) < 4.78 is 9.65. The van der Waals surface area contributed by atoms with E-state index in [1.807, 2.05) is 56.7 Å². The van der Waals surface area contributed by atoms with Crippen LogP contribution in [0.1, 0.15) is 63.7 Å². The fraction of sp³-hybridized carbons (Fsp3) is 0.469. The van der Waals surface area contributed by atoms with Crippen LogP contribution < -0.4 is 10.6 Å². The van der Waals surface area contributed by atoms with E-state index in [4.69, 9.17) is 9.72 Å². The first kappa shape index (κ1) is 28.7. The molecule has 1 aliphatic carbocycles. The van der Waals surface area contributed by atoms with Crippen molar-refractivity contribution in [3.05, 3.63) is 42.1 Å². The molecule has 4 heterocycles. The number of benzene rings is 1. The van der Waals surface area contributed by atoms with Crippen LogP contribution in [0.4, 0.5) is 10.5 Å². The van der Waals surface area contributed by atoms with Crippen molar-refractivity contribution >= 4 is 45.7 Å². The highest BCUT2D eigenvalue weighted by Gasteiger charge is 2.29. The van der Waals surface area contributed by atoms with E-state index in [0.717, 1.165) is 58.7 Å². The van der Waals surface area contributed by atoms with Gasteiger partial charge in [0.2, 0.25) is 5.91 Å². The van der Waals surface area contributed by atoms with Crippen LogP contribution in [0.15, 0.2) is 36.5 Å². The van der Waals surface area contributed by atoms with Gasteiger partial charge in [0, 0.05) is 56.8 Å². The average Bonchev–Trinajstić information content (AvgIpc) is 3.60. The van der Waals surface area contributed by atoms with Crippen molar-refractivity contribution in [2.75, 3.05) is 18.4 Å². The van der Waals surface area contributed by atoms with Crippen molar-refractivity contribution in [1.29, 1.82) is 0 Å². The zero-order valence-electron chi connectivity index (χ0n) is 25.4. The SMILES string of the molecule is CC(=O)Nc1ccnc2c1cc(-c1nc3cc(C(=O)N4CCC[C@@H](NC(=O)OC(C)(C)C)C4)ccc3n1C)n2CC1CC1. The molecule has 43 heavy (non-hydrogen) atoms. The molecule has 1 aromatic carbocycles. The number of imidazole rings is 1. The number of aromatic nitrogens is 4. The fourth-order valence-corrected chi connectivity index (χ4v) is 5.87. The number of rotatable bonds is 6. The lowest BCUT2D eigenvalue weighted by atomic mass is 10.0. The number of carbonyl (C=O) groups excluding carboxylic acids is 3. The van der Waals surface area contributed by atoms with Gasteiger partial charge in [-0.1, -0.05) is 0 Å². The summed E-state index contributed by atoms with van der Waals surface area (Å²) in [4.78, 5) is 49.3. The number of hydrogen-bond acceptors (Lipinski definition) is 6. The molecule has 3 amide bonds. The Balaban J connectivity index is 1.29. The maximum Gasteiger partial charge on any atom is 0.407 e. The van der Waals surface area contributed by atoms with Gasteiger partial charge in [-0.05, 0) is 82.7 Å². The zero-order valence-corrected chi connectivity index (χ0v) is 25.4. The Kier molecular flexibility index (Phi) is 7.35. The van der Waals surface area contributed by atoms with Crippen LogP contribution in [0.5, 0.6) is 0 Å². The molecule has 1 saturated heterocycles. The van der Waals surface area contributed by atoms with Gasteiger partial charge in [0.15, 0.2) is 5.82 Å². The number of pyridine rings is 1. The molecule has 3 aromatic heterocycles. The van der Waals surface area contributed by atoms with E-state index in [9.17, 15) is 14.4 Å². The minimum Gasteiger partial charge on any atom is -0.444 e. The molecule has 1 aliphatic heterocycles. The topological polar surface area (TPSA) is 123 Å². The Morgan fingerprint density at radius 3 is 2.60 bits per heavy atom. The summed E-state index contributed by atoms with van der Waals surface area (Å²) in [5.41, 5.74) is 4.07. The molecule has 0 spiro atoms. The average molecular weight is 586 g/mol. The lowest BCUT2D eigenvalue weighted by Crippen LogP contribution is -2.50. The highest BCUT2D eigenvalue weighted by molar-refractivity contribution is 6.02. The molecular weight excluding hydrogens is 546 g/mol. The Hall–Kier alpha value is -4.41. The second kappa shape index (κ2) is 11.0. The number of carbonyl (C=O) groups is 3. The van der Waals surface area contributed by atoms with Crippen molar-refractivity contribution in [3.8, 4) is 11.5 Å². The summed E-state index contributed by atoms with van der Waals surface area (Å²) in [5, 5.41) is 6.72. The van der Waals surface area contributed by atoms with Gasteiger partial charge in [-0.25, -0.2) is 14.8 Å². The number of fused-ring (bicyclic) bond motifs is 2. The molecule has 1 atom stereocenters. The predicted molar refractivity (Wildman–Crippen MR) is 165 cm³/mol. The van der Waals surface area contributed by atoms with Gasteiger partial charge in [-0.3, -0.25) is 9.59 Å². The predicted octanol–water partition coefficient (Wildman–Crippen LogP) is 5.09. The smallest absolute Gasteiger partial charge is 0.407 e. The third kappa shape index (κ3) is 6.07. The number of hydrogen-bond donors (Lipinski definition) is 2. The maximum atomic E-state index is 13.6. The van der Waals surface area contributed by atoms with Crippen LogP contribution in [0, 0.1) is 5.92 Å². The van der Waals surface area contributed by atoms with E-state index in [-0.39, 0.29) is 17.9 Å². The monoisotopic (exact) mass is 585 g/mol. The molecule has 226 valence electrons. The minimum atomic E-state index is -0.582. The molecule has 11 nitrogen and oxygen atoms in total. The zero-order chi connectivity index (χ0) is 30.5. The first-order valence-corrected chi connectivity index (χ1v) is 15.0. The van der Waals surface area contributed by atoms with Gasteiger partial charge in [0.25, 0.3) is 5.91 Å². The summed E-state index contributed by atoms with van der Waals surface area (Å²) >= 11 is 0. The molecule has 0 unspecified atom stereocenters. The van der Waals surface area contributed by atoms with Gasteiger partial charge in [0.1, 0.15) is 11.2 Å². The molecule has 0 radical (unpaired) electrons. The second-order valence-electron chi connectivity index (χ2n) is 12.8. The van der Waals surface area contributed by atoms with Gasteiger partial charge < -0.3 is 29.4 Å². The largest absolute Gasteiger partial charge is 0.444 e. The van der Waals surface area contributed by atoms with E-state index in [1.165, 1.54) is 19.8 Å². The van der Waals surface area contributed by atoms with Gasteiger partial charge >= 0.3 is 6.09 Å². The summed E-state index contributed by atoms with van der Waals surface area (Å²) in [6, 6.07) is 9.33. The summed E-state index contributed by atoms with van der Waals surface area (Å²) in [6.45, 7) is 8.87. The molecule has 2 N–H and O–H groups in total. The van der Waals surface area contributed by atoms with Crippen LogP contribution in [0.3, 0.4) is 0 Å². The van der Waals surface area contributed by atoms with E-state index < -0.39 is 11.7 Å². The summed E-state index contributed by atoms with van der Waals surface area (Å²) in [7, 11) is 1.98. The normalized spacial score (nSPS) is 17.3. The maximum absolute atomic E-state index is 13.6. The van der Waals surface area contributed by atoms with Crippen molar-refractivity contribution < 1.29 is 19.1 Å². The molecule has 0 bridgehead atoms. The van der Waals surface area contributed by atoms with Crippen molar-refractivity contribution in [2.24, 2.45) is 13.0 Å². The van der Waals surface area contributed by atoms with Crippen LogP contribution in [0.2, 0.25) is 0 Å². The molecule has 4 aromatic rings. The Bertz CT molecular complexity index is 1730. The van der Waals surface area contributed by atoms with E-state index in [2.05, 4.69) is 26.3 Å². The Labute approximate surface area is 250 Å². The number of nitrogens with zero attached hydrogens (tertiary/aromatic N) is 5. The lowest BCUT2D eigenvalue weighted by molar-refractivity contribution is -0.114. The molecule has 2 aliphatic rings. The fourth-order valence-electron chi connectivity index (χ4n) is 5.87. The molecule has 6 rings (SSSR count). The van der Waals surface area contributed by atoms with Crippen LogP contribution >= 0.6 is 0 Å². The van der Waals surface area contributed by atoms with Crippen LogP contribution in [-0.2, 0) is 23.1 Å². The molecule has 1 saturated carbocycles. The Morgan fingerprint density at radius 1 is 1.09 bits per heavy atom. The number of ether oxygens (including phenoxy) is 1. The van der Waals surface area contributed by atoms with Gasteiger partial charge in [0.05, 0.1) is 22.4 Å². The molecule has 11 heteroatoms. The van der Waals surface area contributed by atoms with Gasteiger partial charge in [-0.2, -0.15) is 0 Å². The van der Waals surface area contributed by atoms with E-state index >= 15 is 0 Å². The highest BCUT2D eigenvalue weighted by Crippen LogP contribution is 2.37. The van der Waals surface area contributed by atoms with E-state index in [0.29, 0.717) is 24.6 Å². The highest BCUT2D eigenvalue weighted by atomic mass is 16.6. The molecule has 2 fully saturated rings. The second-order valence-corrected chi connectivity index (χ2v) is 12.8.